The van der Waals surface area contributed by atoms with E-state index >= 15 is 0 Å². The molecular formula is C25H17NO7. The van der Waals surface area contributed by atoms with Crippen molar-refractivity contribution in [3.63, 3.8) is 0 Å². The number of Topliss-reactive ketones (excluding diaryl/α,β-unsaturated/α-hetero) is 1. The zero-order valence-electron chi connectivity index (χ0n) is 17.5. The number of nitrogens with zero attached hydrogens (tertiary/aromatic N) is 1. The van der Waals surface area contributed by atoms with Gasteiger partial charge < -0.3 is 23.7 Å². The molecule has 0 N–H and O–H groups in total. The Morgan fingerprint density at radius 1 is 1.12 bits per heavy atom. The zero-order valence-corrected chi connectivity index (χ0v) is 17.5. The summed E-state index contributed by atoms with van der Waals surface area (Å²) in [7, 11) is 1.34. The van der Waals surface area contributed by atoms with Crippen LogP contribution in [0.2, 0.25) is 0 Å². The molecule has 33 heavy (non-hydrogen) atoms. The lowest BCUT2D eigenvalue weighted by molar-refractivity contribution is -0.140. The molecule has 6 rings (SSSR count). The summed E-state index contributed by atoms with van der Waals surface area (Å²) in [4.78, 5) is 29.7. The first kappa shape index (κ1) is 19.4. The predicted octanol–water partition coefficient (Wildman–Crippen LogP) is 4.23. The molecule has 3 aliphatic rings. The maximum atomic E-state index is 13.2. The third kappa shape index (κ3) is 3.10. The van der Waals surface area contributed by atoms with E-state index in [2.05, 4.69) is 4.98 Å². The Labute approximate surface area is 188 Å². The topological polar surface area (TPSA) is 93.2 Å². The van der Waals surface area contributed by atoms with E-state index in [0.717, 1.165) is 11.1 Å². The molecule has 3 aliphatic heterocycles. The van der Waals surface area contributed by atoms with Crippen LogP contribution in [0, 0.1) is 0 Å². The molecule has 1 atom stereocenters. The van der Waals surface area contributed by atoms with Gasteiger partial charge in [-0.25, -0.2) is 4.98 Å². The van der Waals surface area contributed by atoms with Gasteiger partial charge >= 0.3 is 5.97 Å². The highest BCUT2D eigenvalue weighted by Gasteiger charge is 2.39. The molecule has 0 saturated carbocycles. The van der Waals surface area contributed by atoms with Crippen LogP contribution in [0.4, 0.5) is 0 Å². The van der Waals surface area contributed by atoms with Crippen molar-refractivity contribution >= 4 is 17.8 Å². The molecule has 1 aromatic heterocycles. The maximum absolute atomic E-state index is 13.2. The van der Waals surface area contributed by atoms with E-state index in [1.807, 2.05) is 12.1 Å². The van der Waals surface area contributed by atoms with Gasteiger partial charge in [-0.1, -0.05) is 12.1 Å². The molecular weight excluding hydrogens is 426 g/mol. The molecule has 0 spiro atoms. The second-order valence-corrected chi connectivity index (χ2v) is 7.74. The van der Waals surface area contributed by atoms with E-state index in [1.165, 1.54) is 7.11 Å². The van der Waals surface area contributed by atoms with Crippen LogP contribution in [0.1, 0.15) is 39.4 Å². The van der Waals surface area contributed by atoms with Crippen LogP contribution in [0.3, 0.4) is 0 Å². The number of allylic oxidation sites excluding steroid dienone is 1. The molecule has 164 valence electrons. The third-order valence-corrected chi connectivity index (χ3v) is 5.86. The largest absolute Gasteiger partial charge is 0.469 e. The number of hydrogen-bond donors (Lipinski definition) is 0. The Morgan fingerprint density at radius 2 is 1.97 bits per heavy atom. The number of ether oxygens (including phenoxy) is 5. The van der Waals surface area contributed by atoms with Crippen LogP contribution < -0.4 is 18.9 Å². The van der Waals surface area contributed by atoms with Crippen molar-refractivity contribution in [3.8, 4) is 28.9 Å². The van der Waals surface area contributed by atoms with E-state index in [9.17, 15) is 9.59 Å². The quantitative estimate of drug-likeness (QED) is 0.439. The number of aromatic nitrogens is 1. The van der Waals surface area contributed by atoms with Gasteiger partial charge in [-0.3, -0.25) is 9.59 Å². The first-order valence-corrected chi connectivity index (χ1v) is 10.3. The highest BCUT2D eigenvalue weighted by molar-refractivity contribution is 6.15. The Morgan fingerprint density at radius 3 is 2.85 bits per heavy atom. The van der Waals surface area contributed by atoms with E-state index in [0.29, 0.717) is 40.0 Å². The molecule has 0 amide bonds. The molecule has 8 heteroatoms. The van der Waals surface area contributed by atoms with Crippen LogP contribution in [0.5, 0.6) is 28.9 Å². The third-order valence-electron chi connectivity index (χ3n) is 5.86. The normalized spacial score (nSPS) is 18.2. The Hall–Kier alpha value is -4.33. The number of pyridine rings is 1. The van der Waals surface area contributed by atoms with Crippen LogP contribution in [-0.2, 0) is 9.53 Å². The number of fused-ring (bicyclic) bond motifs is 5. The zero-order chi connectivity index (χ0) is 22.5. The fourth-order valence-corrected chi connectivity index (χ4v) is 4.30. The number of esters is 1. The van der Waals surface area contributed by atoms with Gasteiger partial charge in [-0.05, 0) is 42.0 Å². The minimum absolute atomic E-state index is 0.0563. The van der Waals surface area contributed by atoms with Crippen molar-refractivity contribution in [2.24, 2.45) is 0 Å². The Balaban J connectivity index is 1.43. The van der Waals surface area contributed by atoms with Crippen molar-refractivity contribution in [2.75, 3.05) is 13.9 Å². The van der Waals surface area contributed by atoms with Gasteiger partial charge in [-0.15, -0.1) is 0 Å². The number of ketones is 1. The second-order valence-electron chi connectivity index (χ2n) is 7.74. The molecule has 8 nitrogen and oxygen atoms in total. The van der Waals surface area contributed by atoms with Crippen LogP contribution in [0.15, 0.2) is 54.4 Å². The average molecular weight is 443 g/mol. The minimum atomic E-state index is -0.433. The number of hydrogen-bond acceptors (Lipinski definition) is 8. The van der Waals surface area contributed by atoms with Crippen molar-refractivity contribution in [2.45, 2.75) is 12.3 Å². The van der Waals surface area contributed by atoms with Crippen LogP contribution in [0.25, 0.3) is 6.08 Å². The van der Waals surface area contributed by atoms with Crippen LogP contribution in [-0.4, -0.2) is 30.6 Å². The van der Waals surface area contributed by atoms with Gasteiger partial charge in [0.2, 0.25) is 18.5 Å². The summed E-state index contributed by atoms with van der Waals surface area (Å²) in [5.74, 6) is 1.66. The Bertz CT molecular complexity index is 1360. The highest BCUT2D eigenvalue weighted by atomic mass is 16.7. The molecule has 3 aromatic rings. The number of methoxy groups -OCH3 is 1. The number of carbonyl (C=O) groups excluding carboxylic acids is 2. The van der Waals surface area contributed by atoms with Gasteiger partial charge in [0.05, 0.1) is 19.1 Å². The van der Waals surface area contributed by atoms with E-state index in [1.54, 1.807) is 42.6 Å². The Kier molecular flexibility index (Phi) is 4.33. The summed E-state index contributed by atoms with van der Waals surface area (Å²) in [6, 6.07) is 12.4. The van der Waals surface area contributed by atoms with Crippen molar-refractivity contribution in [1.82, 2.24) is 4.98 Å². The van der Waals surface area contributed by atoms with Gasteiger partial charge in [0.25, 0.3) is 0 Å². The molecule has 0 radical (unpaired) electrons. The number of benzene rings is 2. The van der Waals surface area contributed by atoms with Crippen molar-refractivity contribution in [3.05, 3.63) is 76.7 Å². The first-order valence-electron chi connectivity index (χ1n) is 10.3. The summed E-state index contributed by atoms with van der Waals surface area (Å²) in [5.41, 5.74) is 2.50. The summed E-state index contributed by atoms with van der Waals surface area (Å²) < 4.78 is 27.7. The lowest BCUT2D eigenvalue weighted by atomic mass is 9.85. The van der Waals surface area contributed by atoms with Crippen molar-refractivity contribution < 1.29 is 33.3 Å². The van der Waals surface area contributed by atoms with Gasteiger partial charge in [0.15, 0.2) is 17.3 Å². The van der Waals surface area contributed by atoms with Gasteiger partial charge in [0.1, 0.15) is 11.5 Å². The van der Waals surface area contributed by atoms with E-state index in [-0.39, 0.29) is 30.7 Å². The molecule has 2 aromatic carbocycles. The summed E-state index contributed by atoms with van der Waals surface area (Å²) >= 11 is 0. The van der Waals surface area contributed by atoms with E-state index in [4.69, 9.17) is 23.7 Å². The summed E-state index contributed by atoms with van der Waals surface area (Å²) in [6.07, 6.45) is 3.34. The molecule has 0 saturated heterocycles. The number of carbonyl (C=O) groups is 2. The standard InChI is InChI=1S/C25H17NO7/c1-29-21(27)11-16-14-3-2-8-26-25(14)33-18-7-5-15-23(28)20(32-24(15)22(16)18)10-13-4-6-17-19(9-13)31-12-30-17/h2-10,16H,11-12H2,1H3/b20-10-/t16-/m0/s1. The summed E-state index contributed by atoms with van der Waals surface area (Å²) in [6.45, 7) is 0.167. The number of rotatable bonds is 3. The monoisotopic (exact) mass is 443 g/mol. The summed E-state index contributed by atoms with van der Waals surface area (Å²) in [5, 5.41) is 0. The van der Waals surface area contributed by atoms with E-state index < -0.39 is 5.92 Å². The lowest BCUT2D eigenvalue weighted by Gasteiger charge is -2.27. The SMILES string of the molecule is COC(=O)C[C@H]1c2cccnc2Oc2ccc3c(c21)O/C(=C\c1ccc2c(c1)OCO2)C3=O. The van der Waals surface area contributed by atoms with Gasteiger partial charge in [0, 0.05) is 23.2 Å². The minimum Gasteiger partial charge on any atom is -0.469 e. The smallest absolute Gasteiger partial charge is 0.306 e. The van der Waals surface area contributed by atoms with Crippen molar-refractivity contribution in [1.29, 1.82) is 0 Å². The fraction of sp³-hybridized carbons (Fsp3) is 0.160. The molecule has 0 fully saturated rings. The average Bonchev–Trinajstić information content (AvgIpc) is 3.42. The lowest BCUT2D eigenvalue weighted by Crippen LogP contribution is -2.16. The molecule has 4 heterocycles. The first-order chi connectivity index (χ1) is 16.1. The molecule has 0 aliphatic carbocycles. The maximum Gasteiger partial charge on any atom is 0.306 e. The predicted molar refractivity (Wildman–Crippen MR) is 115 cm³/mol. The van der Waals surface area contributed by atoms with Gasteiger partial charge in [-0.2, -0.15) is 0 Å². The molecule has 0 unspecified atom stereocenters. The molecule has 0 bridgehead atoms. The second kappa shape index (κ2) is 7.37. The highest BCUT2D eigenvalue weighted by Crippen LogP contribution is 2.52. The van der Waals surface area contributed by atoms with Crippen LogP contribution >= 0.6 is 0 Å². The fourth-order valence-electron chi connectivity index (χ4n) is 4.30.